The molecule has 0 N–H and O–H groups in total. The molecule has 0 amide bonds. The highest BCUT2D eigenvalue weighted by Crippen LogP contribution is 2.37. The van der Waals surface area contributed by atoms with Crippen molar-refractivity contribution in [3.8, 4) is 0 Å². The molecule has 14 heavy (non-hydrogen) atoms. The first-order valence-corrected chi connectivity index (χ1v) is 4.23. The summed E-state index contributed by atoms with van der Waals surface area (Å²) >= 11 is 5.67. The van der Waals surface area contributed by atoms with Crippen LogP contribution in [0, 0.1) is 0 Å². The van der Waals surface area contributed by atoms with Crippen molar-refractivity contribution >= 4 is 17.2 Å². The van der Waals surface area contributed by atoms with E-state index in [0.717, 1.165) is 6.07 Å². The van der Waals surface area contributed by atoms with Crippen molar-refractivity contribution in [1.29, 1.82) is 0 Å². The second kappa shape index (κ2) is 3.65. The third kappa shape index (κ3) is 2.10. The molecule has 1 rings (SSSR count). The summed E-state index contributed by atoms with van der Waals surface area (Å²) in [5, 5.41) is 0.0762. The van der Waals surface area contributed by atoms with Gasteiger partial charge >= 0.3 is 6.18 Å². The highest BCUT2D eigenvalue weighted by Gasteiger charge is 2.34. The van der Waals surface area contributed by atoms with Crippen molar-refractivity contribution in [2.24, 2.45) is 0 Å². The Hall–Kier alpha value is -0.960. The maximum atomic E-state index is 12.5. The third-order valence-corrected chi connectivity index (χ3v) is 2.06. The molecule has 1 aromatic carbocycles. The first-order valence-electron chi connectivity index (χ1n) is 3.85. The van der Waals surface area contributed by atoms with E-state index in [1.165, 1.54) is 19.1 Å². The van der Waals surface area contributed by atoms with Crippen molar-refractivity contribution in [2.75, 3.05) is 0 Å². The lowest BCUT2D eigenvalue weighted by atomic mass is 10.0. The summed E-state index contributed by atoms with van der Waals surface area (Å²) in [5.74, 6) is 0. The molecule has 0 nitrogen and oxygen atoms in total. The summed E-state index contributed by atoms with van der Waals surface area (Å²) < 4.78 is 37.5. The van der Waals surface area contributed by atoms with Gasteiger partial charge in [0.05, 0.1) is 5.56 Å². The van der Waals surface area contributed by atoms with Crippen molar-refractivity contribution in [1.82, 2.24) is 0 Å². The first-order chi connectivity index (χ1) is 6.34. The van der Waals surface area contributed by atoms with Crippen LogP contribution < -0.4 is 0 Å². The van der Waals surface area contributed by atoms with Gasteiger partial charge in [0.15, 0.2) is 0 Å². The third-order valence-electron chi connectivity index (χ3n) is 1.75. The minimum atomic E-state index is -4.39. The van der Waals surface area contributed by atoms with Gasteiger partial charge in [0.25, 0.3) is 0 Å². The zero-order valence-corrected chi connectivity index (χ0v) is 8.21. The maximum absolute atomic E-state index is 12.5. The van der Waals surface area contributed by atoms with Gasteiger partial charge in [-0.1, -0.05) is 24.2 Å². The van der Waals surface area contributed by atoms with Crippen molar-refractivity contribution in [3.63, 3.8) is 0 Å². The highest BCUT2D eigenvalue weighted by atomic mass is 35.5. The average molecular weight is 221 g/mol. The standard InChI is InChI=1S/C10H8ClF3/c1-6(2)9-7(10(12,13)14)4-3-5-8(9)11/h3-5H,1H2,2H3. The van der Waals surface area contributed by atoms with Crippen molar-refractivity contribution < 1.29 is 13.2 Å². The predicted octanol–water partition coefficient (Wildman–Crippen LogP) is 4.39. The van der Waals surface area contributed by atoms with Gasteiger partial charge in [-0.05, 0) is 24.6 Å². The molecule has 0 heterocycles. The van der Waals surface area contributed by atoms with Crippen LogP contribution >= 0.6 is 11.6 Å². The van der Waals surface area contributed by atoms with Gasteiger partial charge in [-0.2, -0.15) is 13.2 Å². The molecule has 1 aromatic rings. The van der Waals surface area contributed by atoms with Gasteiger partial charge in [0.1, 0.15) is 0 Å². The number of hydrogen-bond acceptors (Lipinski definition) is 0. The Morgan fingerprint density at radius 2 is 1.93 bits per heavy atom. The van der Waals surface area contributed by atoms with E-state index in [2.05, 4.69) is 6.58 Å². The monoisotopic (exact) mass is 220 g/mol. The van der Waals surface area contributed by atoms with Gasteiger partial charge in [-0.3, -0.25) is 0 Å². The van der Waals surface area contributed by atoms with Gasteiger partial charge in [-0.25, -0.2) is 0 Å². The Morgan fingerprint density at radius 3 is 2.29 bits per heavy atom. The van der Waals surface area contributed by atoms with Crippen LogP contribution in [0.15, 0.2) is 24.8 Å². The zero-order chi connectivity index (χ0) is 10.9. The predicted molar refractivity (Wildman–Crippen MR) is 51.2 cm³/mol. The normalized spacial score (nSPS) is 11.5. The molecule has 0 aromatic heterocycles. The molecule has 0 bridgehead atoms. The molecular weight excluding hydrogens is 213 g/mol. The molecule has 0 aliphatic rings. The summed E-state index contributed by atoms with van der Waals surface area (Å²) in [4.78, 5) is 0. The smallest absolute Gasteiger partial charge is 0.166 e. The Kier molecular flexibility index (Phi) is 2.90. The lowest BCUT2D eigenvalue weighted by Gasteiger charge is -2.13. The quantitative estimate of drug-likeness (QED) is 0.658. The van der Waals surface area contributed by atoms with E-state index >= 15 is 0 Å². The SMILES string of the molecule is C=C(C)c1c(Cl)cccc1C(F)(F)F. The van der Waals surface area contributed by atoms with Gasteiger partial charge in [-0.15, -0.1) is 0 Å². The minimum Gasteiger partial charge on any atom is -0.166 e. The summed E-state index contributed by atoms with van der Waals surface area (Å²) in [6.07, 6.45) is -4.39. The second-order valence-corrected chi connectivity index (χ2v) is 3.35. The summed E-state index contributed by atoms with van der Waals surface area (Å²) in [5.41, 5.74) is -0.456. The van der Waals surface area contributed by atoms with Gasteiger partial charge in [0, 0.05) is 10.6 Å². The van der Waals surface area contributed by atoms with Crippen LogP contribution in [0.1, 0.15) is 18.1 Å². The fourth-order valence-corrected chi connectivity index (χ4v) is 1.53. The largest absolute Gasteiger partial charge is 0.417 e. The summed E-state index contributed by atoms with van der Waals surface area (Å²) in [7, 11) is 0. The summed E-state index contributed by atoms with van der Waals surface area (Å²) in [6.45, 7) is 4.97. The molecule has 76 valence electrons. The van der Waals surface area contributed by atoms with E-state index in [1.807, 2.05) is 0 Å². The molecule has 0 aliphatic carbocycles. The van der Waals surface area contributed by atoms with Crippen LogP contribution in [0.4, 0.5) is 13.2 Å². The van der Waals surface area contributed by atoms with Gasteiger partial charge in [0.2, 0.25) is 0 Å². The van der Waals surface area contributed by atoms with E-state index < -0.39 is 11.7 Å². The van der Waals surface area contributed by atoms with E-state index in [1.54, 1.807) is 0 Å². The first kappa shape index (κ1) is 11.1. The van der Waals surface area contributed by atoms with E-state index in [0.29, 0.717) is 5.57 Å². The van der Waals surface area contributed by atoms with Crippen molar-refractivity contribution in [2.45, 2.75) is 13.1 Å². The molecule has 0 fully saturated rings. The second-order valence-electron chi connectivity index (χ2n) is 2.94. The van der Waals surface area contributed by atoms with Crippen LogP contribution in [-0.4, -0.2) is 0 Å². The van der Waals surface area contributed by atoms with E-state index in [4.69, 9.17) is 11.6 Å². The fourth-order valence-electron chi connectivity index (χ4n) is 1.19. The van der Waals surface area contributed by atoms with Crippen LogP contribution in [0.5, 0.6) is 0 Å². The molecule has 0 spiro atoms. The van der Waals surface area contributed by atoms with Crippen LogP contribution in [0.3, 0.4) is 0 Å². The van der Waals surface area contributed by atoms with Crippen LogP contribution in [0.2, 0.25) is 5.02 Å². The maximum Gasteiger partial charge on any atom is 0.417 e. The number of rotatable bonds is 1. The van der Waals surface area contributed by atoms with Crippen LogP contribution in [0.25, 0.3) is 5.57 Å². The number of allylic oxidation sites excluding steroid dienone is 1. The molecule has 0 radical (unpaired) electrons. The Labute approximate surface area is 85.0 Å². The minimum absolute atomic E-state index is 0.0262. The van der Waals surface area contributed by atoms with Crippen LogP contribution in [-0.2, 0) is 6.18 Å². The Balaban J connectivity index is 3.44. The fraction of sp³-hybridized carbons (Fsp3) is 0.200. The number of hydrogen-bond donors (Lipinski definition) is 0. The Bertz CT molecular complexity index is 366. The molecule has 0 atom stereocenters. The number of halogens is 4. The molecule has 4 heteroatoms. The number of benzene rings is 1. The van der Waals surface area contributed by atoms with E-state index in [-0.39, 0.29) is 10.6 Å². The number of alkyl halides is 3. The molecule has 0 saturated carbocycles. The molecule has 0 saturated heterocycles. The zero-order valence-electron chi connectivity index (χ0n) is 7.45. The molecule has 0 aliphatic heterocycles. The molecular formula is C10H8ClF3. The average Bonchev–Trinajstić information content (AvgIpc) is 2.01. The van der Waals surface area contributed by atoms with E-state index in [9.17, 15) is 13.2 Å². The summed E-state index contributed by atoms with van der Waals surface area (Å²) in [6, 6.07) is 3.69. The lowest BCUT2D eigenvalue weighted by molar-refractivity contribution is -0.137. The lowest BCUT2D eigenvalue weighted by Crippen LogP contribution is -2.08. The Morgan fingerprint density at radius 1 is 1.36 bits per heavy atom. The van der Waals surface area contributed by atoms with Gasteiger partial charge < -0.3 is 0 Å². The van der Waals surface area contributed by atoms with Crippen molar-refractivity contribution in [3.05, 3.63) is 40.9 Å². The topological polar surface area (TPSA) is 0 Å². The molecule has 0 unspecified atom stereocenters. The highest BCUT2D eigenvalue weighted by molar-refractivity contribution is 6.32.